The summed E-state index contributed by atoms with van der Waals surface area (Å²) in [7, 11) is -4.13. The van der Waals surface area contributed by atoms with Crippen molar-refractivity contribution in [2.24, 2.45) is 5.41 Å². The summed E-state index contributed by atoms with van der Waals surface area (Å²) in [5.41, 5.74) is 9.45. The molecular formula is C14H18N2O3S. The van der Waals surface area contributed by atoms with Gasteiger partial charge in [-0.3, -0.25) is 4.79 Å². The molecule has 0 heterocycles. The molecular weight excluding hydrogens is 276 g/mol. The second kappa shape index (κ2) is 5.31. The Morgan fingerprint density at radius 2 is 1.75 bits per heavy atom. The minimum Gasteiger partial charge on any atom is -0.360 e. The first-order chi connectivity index (χ1) is 9.01. The third-order valence-corrected chi connectivity index (χ3v) is 4.65. The van der Waals surface area contributed by atoms with Gasteiger partial charge in [-0.25, -0.2) is 8.42 Å². The fraction of sp³-hybridized carbons (Fsp3) is 0.429. The van der Waals surface area contributed by atoms with Gasteiger partial charge in [0.05, 0.1) is 4.90 Å². The van der Waals surface area contributed by atoms with Crippen LogP contribution in [-0.4, -0.2) is 24.0 Å². The van der Waals surface area contributed by atoms with E-state index in [1.807, 2.05) is 6.92 Å². The molecule has 6 heteroatoms. The summed E-state index contributed by atoms with van der Waals surface area (Å²) in [6.07, 6.45) is 0. The summed E-state index contributed by atoms with van der Waals surface area (Å²) in [5.74, 6) is -0.722. The van der Waals surface area contributed by atoms with E-state index in [4.69, 9.17) is 5.53 Å². The lowest BCUT2D eigenvalue weighted by molar-refractivity contribution is -0.123. The minimum atomic E-state index is -4.13. The molecule has 0 aliphatic rings. The van der Waals surface area contributed by atoms with Gasteiger partial charge in [-0.15, -0.1) is 4.79 Å². The first kappa shape index (κ1) is 16.3. The topological polar surface area (TPSA) is 87.6 Å². The number of sulfone groups is 1. The second-order valence-electron chi connectivity index (χ2n) is 5.76. The molecule has 0 N–H and O–H groups in total. The molecule has 0 aliphatic heterocycles. The Hall–Kier alpha value is -1.78. The number of hydrogen-bond acceptors (Lipinski definition) is 3. The number of Topliss-reactive ketones (excluding diaryl/α,β-unsaturated/α-hetero) is 1. The highest BCUT2D eigenvalue weighted by Gasteiger charge is 2.43. The average Bonchev–Trinajstić information content (AvgIpc) is 2.27. The lowest BCUT2D eigenvalue weighted by Gasteiger charge is -2.13. The van der Waals surface area contributed by atoms with E-state index in [0.717, 1.165) is 5.56 Å². The molecule has 108 valence electrons. The summed E-state index contributed by atoms with van der Waals surface area (Å²) in [4.78, 5) is 14.8. The molecule has 0 aromatic heterocycles. The Balaban J connectivity index is 3.50. The van der Waals surface area contributed by atoms with Crippen molar-refractivity contribution in [3.05, 3.63) is 34.9 Å². The molecule has 0 amide bonds. The molecule has 5 nitrogen and oxygen atoms in total. The maximum absolute atomic E-state index is 12.5. The highest BCUT2D eigenvalue weighted by Crippen LogP contribution is 2.23. The first-order valence-corrected chi connectivity index (χ1v) is 7.59. The van der Waals surface area contributed by atoms with Crippen LogP contribution in [-0.2, 0) is 14.6 Å². The highest BCUT2D eigenvalue weighted by atomic mass is 32.2. The van der Waals surface area contributed by atoms with E-state index in [1.54, 1.807) is 39.8 Å². The molecule has 0 saturated heterocycles. The molecule has 0 bridgehead atoms. The number of ketones is 1. The Morgan fingerprint density at radius 1 is 1.20 bits per heavy atom. The van der Waals surface area contributed by atoms with Crippen LogP contribution in [0.3, 0.4) is 0 Å². The van der Waals surface area contributed by atoms with Crippen LogP contribution in [0.25, 0.3) is 5.53 Å². The molecule has 0 fully saturated rings. The van der Waals surface area contributed by atoms with Crippen molar-refractivity contribution in [1.29, 1.82) is 0 Å². The van der Waals surface area contributed by atoms with Gasteiger partial charge < -0.3 is 5.53 Å². The van der Waals surface area contributed by atoms with E-state index < -0.39 is 26.1 Å². The predicted molar refractivity (Wildman–Crippen MR) is 76.2 cm³/mol. The van der Waals surface area contributed by atoms with Crippen LogP contribution in [0.5, 0.6) is 0 Å². The standard InChI is InChI=1S/C14H18N2O3S/c1-9-6-7-11(10(2)8-9)20(18,19)13(16-15)12(17)14(3,4)5/h6-8H,1-5H3. The van der Waals surface area contributed by atoms with Crippen molar-refractivity contribution in [3.63, 3.8) is 0 Å². The minimum absolute atomic E-state index is 0.0199. The monoisotopic (exact) mass is 294 g/mol. The van der Waals surface area contributed by atoms with Crippen molar-refractivity contribution in [2.75, 3.05) is 0 Å². The number of benzene rings is 1. The SMILES string of the molecule is Cc1ccc(S(=O)(=O)C(=[N+]=[N-])C(=O)C(C)(C)C)c(C)c1. The molecule has 0 aliphatic carbocycles. The van der Waals surface area contributed by atoms with Crippen LogP contribution in [0.1, 0.15) is 31.9 Å². The van der Waals surface area contributed by atoms with Gasteiger partial charge in [0.25, 0.3) is 15.6 Å². The van der Waals surface area contributed by atoms with E-state index in [2.05, 4.69) is 4.79 Å². The zero-order valence-electron chi connectivity index (χ0n) is 12.3. The number of hydrogen-bond donors (Lipinski definition) is 0. The van der Waals surface area contributed by atoms with E-state index in [-0.39, 0.29) is 4.90 Å². The third-order valence-electron chi connectivity index (χ3n) is 2.84. The van der Waals surface area contributed by atoms with Gasteiger partial charge in [-0.2, -0.15) is 0 Å². The van der Waals surface area contributed by atoms with E-state index in [0.29, 0.717) is 5.56 Å². The maximum atomic E-state index is 12.5. The fourth-order valence-electron chi connectivity index (χ4n) is 1.75. The van der Waals surface area contributed by atoms with E-state index in [9.17, 15) is 13.2 Å². The number of rotatable bonds is 2. The van der Waals surface area contributed by atoms with Crippen LogP contribution in [0.2, 0.25) is 0 Å². The third kappa shape index (κ3) is 3.03. The van der Waals surface area contributed by atoms with Crippen molar-refractivity contribution in [2.45, 2.75) is 39.5 Å². The van der Waals surface area contributed by atoms with Crippen molar-refractivity contribution < 1.29 is 18.0 Å². The van der Waals surface area contributed by atoms with Gasteiger partial charge in [0.2, 0.25) is 0 Å². The molecule has 0 spiro atoms. The molecule has 0 atom stereocenters. The number of carbonyl (C=O) groups is 1. The molecule has 1 rings (SSSR count). The van der Waals surface area contributed by atoms with Gasteiger partial charge in [-0.1, -0.05) is 38.5 Å². The lowest BCUT2D eigenvalue weighted by atomic mass is 9.91. The number of aryl methyl sites for hydroxylation is 2. The Kier molecular flexibility index (Phi) is 4.32. The lowest BCUT2D eigenvalue weighted by Crippen LogP contribution is -2.35. The normalized spacial score (nSPS) is 11.8. The number of nitrogens with zero attached hydrogens (tertiary/aromatic N) is 2. The summed E-state index contributed by atoms with van der Waals surface area (Å²) < 4.78 is 24.9. The van der Waals surface area contributed by atoms with E-state index in [1.165, 1.54) is 6.07 Å². The Labute approximate surface area is 119 Å². The van der Waals surface area contributed by atoms with Gasteiger partial charge in [0, 0.05) is 5.41 Å². The molecule has 0 radical (unpaired) electrons. The summed E-state index contributed by atoms with van der Waals surface area (Å²) in [5, 5.41) is -0.822. The highest BCUT2D eigenvalue weighted by molar-refractivity contribution is 8.08. The van der Waals surface area contributed by atoms with Gasteiger partial charge >= 0.3 is 5.04 Å². The molecule has 20 heavy (non-hydrogen) atoms. The fourth-order valence-corrected chi connectivity index (χ4v) is 3.34. The molecule has 0 unspecified atom stereocenters. The Morgan fingerprint density at radius 3 is 2.15 bits per heavy atom. The maximum Gasteiger partial charge on any atom is 0.452 e. The predicted octanol–water partition coefficient (Wildman–Crippen LogP) is 2.32. The largest absolute Gasteiger partial charge is 0.452 e. The zero-order chi connectivity index (χ0) is 15.7. The van der Waals surface area contributed by atoms with E-state index >= 15 is 0 Å². The van der Waals surface area contributed by atoms with Crippen molar-refractivity contribution in [3.8, 4) is 0 Å². The summed E-state index contributed by atoms with van der Waals surface area (Å²) in [6, 6.07) is 4.75. The molecule has 0 saturated carbocycles. The zero-order valence-corrected chi connectivity index (χ0v) is 13.1. The first-order valence-electron chi connectivity index (χ1n) is 6.11. The summed E-state index contributed by atoms with van der Waals surface area (Å²) >= 11 is 0. The van der Waals surface area contributed by atoms with Gasteiger partial charge in [-0.05, 0) is 25.5 Å². The smallest absolute Gasteiger partial charge is 0.360 e. The van der Waals surface area contributed by atoms with Gasteiger partial charge in [0.15, 0.2) is 0 Å². The van der Waals surface area contributed by atoms with Crippen LogP contribution in [0.4, 0.5) is 0 Å². The van der Waals surface area contributed by atoms with Gasteiger partial charge in [0.1, 0.15) is 0 Å². The quantitative estimate of drug-likeness (QED) is 0.363. The van der Waals surface area contributed by atoms with Crippen LogP contribution in [0.15, 0.2) is 23.1 Å². The average molecular weight is 294 g/mol. The number of carbonyl (C=O) groups excluding carboxylic acids is 1. The Bertz CT molecular complexity index is 706. The van der Waals surface area contributed by atoms with Crippen molar-refractivity contribution in [1.82, 2.24) is 0 Å². The summed E-state index contributed by atoms with van der Waals surface area (Å²) in [6.45, 7) is 8.18. The molecule has 1 aromatic carbocycles. The van der Waals surface area contributed by atoms with Crippen LogP contribution >= 0.6 is 0 Å². The van der Waals surface area contributed by atoms with Crippen LogP contribution in [0, 0.1) is 19.3 Å². The molecule has 1 aromatic rings. The second-order valence-corrected chi connectivity index (χ2v) is 7.59. The van der Waals surface area contributed by atoms with Crippen molar-refractivity contribution >= 4 is 20.7 Å². The van der Waals surface area contributed by atoms with Crippen LogP contribution < -0.4 is 0 Å².